The zero-order valence-corrected chi connectivity index (χ0v) is 10.1. The standard InChI is InChI=1S/C13H17N3O/c1-10-2-3-12(8-14)13(16-10)15-9-11-4-6-17-7-5-11/h2-3,11H,4-7,9H2,1H3,(H,15,16). The van der Waals surface area contributed by atoms with Crippen LogP contribution < -0.4 is 5.32 Å². The van der Waals surface area contributed by atoms with E-state index in [0.29, 0.717) is 17.3 Å². The van der Waals surface area contributed by atoms with Crippen molar-refractivity contribution in [2.45, 2.75) is 19.8 Å². The summed E-state index contributed by atoms with van der Waals surface area (Å²) < 4.78 is 5.32. The summed E-state index contributed by atoms with van der Waals surface area (Å²) in [6.07, 6.45) is 2.17. The van der Waals surface area contributed by atoms with Gasteiger partial charge >= 0.3 is 0 Å². The van der Waals surface area contributed by atoms with Crippen molar-refractivity contribution in [3.8, 4) is 6.07 Å². The Morgan fingerprint density at radius 1 is 1.47 bits per heavy atom. The highest BCUT2D eigenvalue weighted by molar-refractivity contribution is 5.52. The third kappa shape index (κ3) is 3.18. The number of pyridine rings is 1. The van der Waals surface area contributed by atoms with Gasteiger partial charge in [0.1, 0.15) is 11.9 Å². The third-order valence-corrected chi connectivity index (χ3v) is 3.05. The molecule has 0 bridgehead atoms. The summed E-state index contributed by atoms with van der Waals surface area (Å²) in [6.45, 7) is 4.49. The van der Waals surface area contributed by atoms with Gasteiger partial charge in [-0.05, 0) is 37.8 Å². The summed E-state index contributed by atoms with van der Waals surface area (Å²) in [6, 6.07) is 5.83. The fourth-order valence-corrected chi connectivity index (χ4v) is 1.97. The van der Waals surface area contributed by atoms with Crippen molar-refractivity contribution in [1.82, 2.24) is 4.98 Å². The maximum Gasteiger partial charge on any atom is 0.144 e. The van der Waals surface area contributed by atoms with Crippen LogP contribution in [0.5, 0.6) is 0 Å². The van der Waals surface area contributed by atoms with Crippen LogP contribution in [0.3, 0.4) is 0 Å². The Labute approximate surface area is 102 Å². The van der Waals surface area contributed by atoms with Gasteiger partial charge in [0.25, 0.3) is 0 Å². The van der Waals surface area contributed by atoms with E-state index in [4.69, 9.17) is 10.00 Å². The van der Waals surface area contributed by atoms with Crippen molar-refractivity contribution in [2.24, 2.45) is 5.92 Å². The SMILES string of the molecule is Cc1ccc(C#N)c(NCC2CCOCC2)n1. The highest BCUT2D eigenvalue weighted by atomic mass is 16.5. The second kappa shape index (κ2) is 5.65. The first-order chi connectivity index (χ1) is 8.29. The van der Waals surface area contributed by atoms with Crippen molar-refractivity contribution < 1.29 is 4.74 Å². The van der Waals surface area contributed by atoms with Crippen LogP contribution in [0.15, 0.2) is 12.1 Å². The molecule has 1 fully saturated rings. The van der Waals surface area contributed by atoms with Crippen LogP contribution in [0, 0.1) is 24.2 Å². The Hall–Kier alpha value is -1.60. The Balaban J connectivity index is 1.98. The van der Waals surface area contributed by atoms with E-state index >= 15 is 0 Å². The largest absolute Gasteiger partial charge is 0.381 e. The summed E-state index contributed by atoms with van der Waals surface area (Å²) in [4.78, 5) is 4.36. The number of hydrogen-bond acceptors (Lipinski definition) is 4. The highest BCUT2D eigenvalue weighted by Crippen LogP contribution is 2.17. The number of anilines is 1. The fourth-order valence-electron chi connectivity index (χ4n) is 1.97. The summed E-state index contributed by atoms with van der Waals surface area (Å²) in [5.41, 5.74) is 1.54. The Kier molecular flexibility index (Phi) is 3.94. The first-order valence-electron chi connectivity index (χ1n) is 5.99. The van der Waals surface area contributed by atoms with Crippen molar-refractivity contribution in [2.75, 3.05) is 25.1 Å². The van der Waals surface area contributed by atoms with E-state index in [0.717, 1.165) is 38.3 Å². The first kappa shape index (κ1) is 11.9. The Bertz CT molecular complexity index is 419. The number of rotatable bonds is 3. The molecule has 2 heterocycles. The minimum absolute atomic E-state index is 0.614. The van der Waals surface area contributed by atoms with Crippen molar-refractivity contribution in [1.29, 1.82) is 5.26 Å². The maximum atomic E-state index is 9.00. The minimum Gasteiger partial charge on any atom is -0.381 e. The number of nitriles is 1. The van der Waals surface area contributed by atoms with Crippen LogP contribution in [-0.4, -0.2) is 24.7 Å². The molecule has 0 atom stereocenters. The molecule has 1 saturated heterocycles. The number of nitrogens with one attached hydrogen (secondary N) is 1. The smallest absolute Gasteiger partial charge is 0.144 e. The highest BCUT2D eigenvalue weighted by Gasteiger charge is 2.14. The molecule has 4 heteroatoms. The van der Waals surface area contributed by atoms with Gasteiger partial charge < -0.3 is 10.1 Å². The Morgan fingerprint density at radius 2 is 2.24 bits per heavy atom. The molecule has 1 aromatic heterocycles. The van der Waals surface area contributed by atoms with E-state index < -0.39 is 0 Å². The molecule has 2 rings (SSSR count). The number of aromatic nitrogens is 1. The number of ether oxygens (including phenoxy) is 1. The molecule has 1 aliphatic heterocycles. The quantitative estimate of drug-likeness (QED) is 0.865. The summed E-state index contributed by atoms with van der Waals surface area (Å²) >= 11 is 0. The maximum absolute atomic E-state index is 9.00. The lowest BCUT2D eigenvalue weighted by molar-refractivity contribution is 0.0699. The van der Waals surface area contributed by atoms with Gasteiger partial charge in [0.2, 0.25) is 0 Å². The lowest BCUT2D eigenvalue weighted by Gasteiger charge is -2.22. The summed E-state index contributed by atoms with van der Waals surface area (Å²) in [5, 5.41) is 12.3. The van der Waals surface area contributed by atoms with Gasteiger partial charge in [-0.2, -0.15) is 5.26 Å². The molecule has 0 saturated carbocycles. The van der Waals surface area contributed by atoms with Crippen molar-refractivity contribution in [3.63, 3.8) is 0 Å². The first-order valence-corrected chi connectivity index (χ1v) is 5.99. The second-order valence-corrected chi connectivity index (χ2v) is 4.40. The van der Waals surface area contributed by atoms with Crippen LogP contribution in [0.25, 0.3) is 0 Å². The molecular formula is C13H17N3O. The van der Waals surface area contributed by atoms with E-state index in [2.05, 4.69) is 16.4 Å². The van der Waals surface area contributed by atoms with Crippen LogP contribution >= 0.6 is 0 Å². The van der Waals surface area contributed by atoms with Crippen LogP contribution in [0.1, 0.15) is 24.1 Å². The van der Waals surface area contributed by atoms with E-state index in [1.54, 1.807) is 0 Å². The minimum atomic E-state index is 0.614. The zero-order chi connectivity index (χ0) is 12.1. The monoisotopic (exact) mass is 231 g/mol. The molecule has 1 aliphatic rings. The molecule has 0 radical (unpaired) electrons. The molecule has 17 heavy (non-hydrogen) atoms. The van der Waals surface area contributed by atoms with Crippen LogP contribution in [0.2, 0.25) is 0 Å². The lowest BCUT2D eigenvalue weighted by Crippen LogP contribution is -2.23. The lowest BCUT2D eigenvalue weighted by atomic mass is 10.0. The molecule has 0 unspecified atom stereocenters. The van der Waals surface area contributed by atoms with Gasteiger partial charge in [-0.15, -0.1) is 0 Å². The van der Waals surface area contributed by atoms with E-state index in [9.17, 15) is 0 Å². The van der Waals surface area contributed by atoms with E-state index in [1.807, 2.05) is 19.1 Å². The number of aryl methyl sites for hydroxylation is 1. The van der Waals surface area contributed by atoms with Gasteiger partial charge in [-0.1, -0.05) is 0 Å². The molecule has 90 valence electrons. The Morgan fingerprint density at radius 3 is 2.94 bits per heavy atom. The molecule has 0 aromatic carbocycles. The average Bonchev–Trinajstić information content (AvgIpc) is 2.38. The molecule has 0 spiro atoms. The van der Waals surface area contributed by atoms with Gasteiger partial charge in [0, 0.05) is 25.5 Å². The van der Waals surface area contributed by atoms with Gasteiger partial charge in [0.15, 0.2) is 0 Å². The number of nitrogens with zero attached hydrogens (tertiary/aromatic N) is 2. The van der Waals surface area contributed by atoms with E-state index in [1.165, 1.54) is 0 Å². The molecule has 1 N–H and O–H groups in total. The second-order valence-electron chi connectivity index (χ2n) is 4.40. The van der Waals surface area contributed by atoms with E-state index in [-0.39, 0.29) is 0 Å². The topological polar surface area (TPSA) is 57.9 Å². The summed E-state index contributed by atoms with van der Waals surface area (Å²) in [5.74, 6) is 1.33. The van der Waals surface area contributed by atoms with Gasteiger partial charge in [-0.3, -0.25) is 0 Å². The van der Waals surface area contributed by atoms with Crippen molar-refractivity contribution in [3.05, 3.63) is 23.4 Å². The predicted molar refractivity (Wildman–Crippen MR) is 65.7 cm³/mol. The predicted octanol–water partition coefficient (Wildman–Crippen LogP) is 2.10. The average molecular weight is 231 g/mol. The normalized spacial score (nSPS) is 16.5. The van der Waals surface area contributed by atoms with Crippen LogP contribution in [0.4, 0.5) is 5.82 Å². The molecule has 0 aliphatic carbocycles. The zero-order valence-electron chi connectivity index (χ0n) is 10.1. The molecule has 4 nitrogen and oxygen atoms in total. The third-order valence-electron chi connectivity index (χ3n) is 3.05. The van der Waals surface area contributed by atoms with Gasteiger partial charge in [-0.25, -0.2) is 4.98 Å². The summed E-state index contributed by atoms with van der Waals surface area (Å²) in [7, 11) is 0. The van der Waals surface area contributed by atoms with Gasteiger partial charge in [0.05, 0.1) is 5.56 Å². The van der Waals surface area contributed by atoms with Crippen LogP contribution in [-0.2, 0) is 4.74 Å². The fraction of sp³-hybridized carbons (Fsp3) is 0.538. The number of hydrogen-bond donors (Lipinski definition) is 1. The molecule has 1 aromatic rings. The van der Waals surface area contributed by atoms with Crippen molar-refractivity contribution >= 4 is 5.82 Å². The molecular weight excluding hydrogens is 214 g/mol. The molecule has 0 amide bonds.